The highest BCUT2D eigenvalue weighted by molar-refractivity contribution is 7.16. The molecule has 0 spiro atoms. The fourth-order valence-corrected chi connectivity index (χ4v) is 3.06. The molecule has 0 atom stereocenters. The van der Waals surface area contributed by atoms with Crippen molar-refractivity contribution in [3.05, 3.63) is 16.9 Å². The van der Waals surface area contributed by atoms with E-state index in [2.05, 4.69) is 10.1 Å². The number of aryl methyl sites for hydroxylation is 1. The summed E-state index contributed by atoms with van der Waals surface area (Å²) in [5, 5.41) is 5.25. The topological polar surface area (TPSA) is 50.5 Å². The molecule has 0 radical (unpaired) electrons. The molecule has 2 aromatic heterocycles. The molecule has 18 heavy (non-hydrogen) atoms. The van der Waals surface area contributed by atoms with E-state index in [4.69, 9.17) is 0 Å². The molecule has 0 aliphatic carbocycles. The highest BCUT2D eigenvalue weighted by Gasteiger charge is 2.20. The number of amides is 1. The maximum absolute atomic E-state index is 12.3. The van der Waals surface area contributed by atoms with Crippen molar-refractivity contribution in [3.8, 4) is 0 Å². The van der Waals surface area contributed by atoms with Crippen molar-refractivity contribution >= 4 is 22.2 Å². The SMILES string of the molecule is Cc1nn2cc(C(=O)N3CCCCCC3)nc2s1. The molecule has 3 rings (SSSR count). The Hall–Kier alpha value is -1.43. The van der Waals surface area contributed by atoms with Gasteiger partial charge in [0.25, 0.3) is 5.91 Å². The Kier molecular flexibility index (Phi) is 3.03. The fourth-order valence-electron chi connectivity index (χ4n) is 2.34. The second-order valence-electron chi connectivity index (χ2n) is 4.68. The average molecular weight is 264 g/mol. The Balaban J connectivity index is 1.83. The number of hydrogen-bond acceptors (Lipinski definition) is 4. The summed E-state index contributed by atoms with van der Waals surface area (Å²) in [6, 6.07) is 0. The monoisotopic (exact) mass is 264 g/mol. The highest BCUT2D eigenvalue weighted by Crippen LogP contribution is 2.16. The van der Waals surface area contributed by atoms with E-state index in [9.17, 15) is 4.79 Å². The van der Waals surface area contributed by atoms with E-state index in [0.29, 0.717) is 5.69 Å². The van der Waals surface area contributed by atoms with Gasteiger partial charge >= 0.3 is 0 Å². The maximum atomic E-state index is 12.3. The summed E-state index contributed by atoms with van der Waals surface area (Å²) >= 11 is 1.51. The molecule has 0 bridgehead atoms. The molecule has 2 aromatic rings. The summed E-state index contributed by atoms with van der Waals surface area (Å²) in [5.41, 5.74) is 0.524. The minimum atomic E-state index is 0.0484. The van der Waals surface area contributed by atoms with Crippen LogP contribution in [0.2, 0.25) is 0 Å². The molecule has 1 saturated heterocycles. The number of nitrogens with zero attached hydrogens (tertiary/aromatic N) is 4. The lowest BCUT2D eigenvalue weighted by atomic mass is 10.2. The van der Waals surface area contributed by atoms with Crippen LogP contribution in [0.25, 0.3) is 4.96 Å². The van der Waals surface area contributed by atoms with Crippen LogP contribution >= 0.6 is 11.3 Å². The number of hydrogen-bond donors (Lipinski definition) is 0. The zero-order valence-corrected chi connectivity index (χ0v) is 11.2. The Morgan fingerprint density at radius 2 is 2.00 bits per heavy atom. The van der Waals surface area contributed by atoms with Gasteiger partial charge in [0.15, 0.2) is 0 Å². The second kappa shape index (κ2) is 4.68. The molecule has 96 valence electrons. The molecule has 0 unspecified atom stereocenters. The summed E-state index contributed by atoms with van der Waals surface area (Å²) in [4.78, 5) is 19.4. The van der Waals surface area contributed by atoms with Gasteiger partial charge in [-0.25, -0.2) is 9.50 Å². The van der Waals surface area contributed by atoms with Crippen LogP contribution < -0.4 is 0 Å². The average Bonchev–Trinajstić information content (AvgIpc) is 2.75. The van der Waals surface area contributed by atoms with E-state index in [-0.39, 0.29) is 5.91 Å². The van der Waals surface area contributed by atoms with Crippen molar-refractivity contribution in [2.45, 2.75) is 32.6 Å². The minimum Gasteiger partial charge on any atom is -0.337 e. The number of likely N-dealkylation sites (tertiary alicyclic amines) is 1. The van der Waals surface area contributed by atoms with Crippen LogP contribution in [0.1, 0.15) is 41.2 Å². The Morgan fingerprint density at radius 3 is 2.67 bits per heavy atom. The van der Waals surface area contributed by atoms with Crippen LogP contribution in [0.5, 0.6) is 0 Å². The fraction of sp³-hybridized carbons (Fsp3) is 0.583. The Morgan fingerprint density at radius 1 is 1.28 bits per heavy atom. The van der Waals surface area contributed by atoms with Crippen LogP contribution in [-0.2, 0) is 0 Å². The van der Waals surface area contributed by atoms with Gasteiger partial charge in [-0.1, -0.05) is 24.2 Å². The molecule has 0 saturated carbocycles. The number of rotatable bonds is 1. The summed E-state index contributed by atoms with van der Waals surface area (Å²) in [7, 11) is 0. The summed E-state index contributed by atoms with van der Waals surface area (Å²) in [6.07, 6.45) is 6.40. The maximum Gasteiger partial charge on any atom is 0.274 e. The number of fused-ring (bicyclic) bond motifs is 1. The van der Waals surface area contributed by atoms with Gasteiger partial charge < -0.3 is 4.90 Å². The first-order valence-electron chi connectivity index (χ1n) is 6.36. The van der Waals surface area contributed by atoms with Gasteiger partial charge in [-0.3, -0.25) is 4.79 Å². The predicted molar refractivity (Wildman–Crippen MR) is 70.0 cm³/mol. The van der Waals surface area contributed by atoms with Crippen LogP contribution in [0.4, 0.5) is 0 Å². The summed E-state index contributed by atoms with van der Waals surface area (Å²) in [6.45, 7) is 3.66. The molecule has 1 aliphatic rings. The molecule has 1 aliphatic heterocycles. The molecular formula is C12H16N4OS. The third-order valence-electron chi connectivity index (χ3n) is 3.26. The smallest absolute Gasteiger partial charge is 0.274 e. The molecule has 1 fully saturated rings. The van der Waals surface area contributed by atoms with Crippen molar-refractivity contribution in [2.75, 3.05) is 13.1 Å². The van der Waals surface area contributed by atoms with Crippen LogP contribution in [0.15, 0.2) is 6.20 Å². The lowest BCUT2D eigenvalue weighted by Gasteiger charge is -2.18. The van der Waals surface area contributed by atoms with E-state index >= 15 is 0 Å². The largest absolute Gasteiger partial charge is 0.337 e. The number of carbonyl (C=O) groups excluding carboxylic acids is 1. The molecule has 6 heteroatoms. The normalized spacial score (nSPS) is 17.1. The van der Waals surface area contributed by atoms with E-state index in [0.717, 1.165) is 35.9 Å². The van der Waals surface area contributed by atoms with Crippen molar-refractivity contribution in [1.29, 1.82) is 0 Å². The molecule has 0 aromatic carbocycles. The Bertz CT molecular complexity index is 534. The lowest BCUT2D eigenvalue weighted by molar-refractivity contribution is 0.0756. The van der Waals surface area contributed by atoms with Crippen LogP contribution in [0, 0.1) is 6.92 Å². The zero-order valence-electron chi connectivity index (χ0n) is 10.4. The minimum absolute atomic E-state index is 0.0484. The second-order valence-corrected chi connectivity index (χ2v) is 5.84. The third kappa shape index (κ3) is 2.12. The summed E-state index contributed by atoms with van der Waals surface area (Å²) in [5.74, 6) is 0.0484. The van der Waals surface area contributed by atoms with Gasteiger partial charge in [0.1, 0.15) is 10.7 Å². The van der Waals surface area contributed by atoms with Gasteiger partial charge in [-0.05, 0) is 19.8 Å². The van der Waals surface area contributed by atoms with Crippen molar-refractivity contribution in [2.24, 2.45) is 0 Å². The van der Waals surface area contributed by atoms with Crippen molar-refractivity contribution in [1.82, 2.24) is 19.5 Å². The van der Waals surface area contributed by atoms with Gasteiger partial charge in [-0.15, -0.1) is 0 Å². The van der Waals surface area contributed by atoms with Gasteiger partial charge in [-0.2, -0.15) is 5.10 Å². The van der Waals surface area contributed by atoms with Gasteiger partial charge in [0, 0.05) is 13.1 Å². The first-order chi connectivity index (χ1) is 8.74. The van der Waals surface area contributed by atoms with E-state index in [1.54, 1.807) is 10.7 Å². The first-order valence-corrected chi connectivity index (χ1v) is 7.18. The molecule has 1 amide bonds. The molecular weight excluding hydrogens is 248 g/mol. The van der Waals surface area contributed by atoms with E-state index in [1.807, 2.05) is 11.8 Å². The molecule has 0 N–H and O–H groups in total. The molecule has 5 nitrogen and oxygen atoms in total. The standard InChI is InChI=1S/C12H16N4OS/c1-9-14-16-8-10(13-12(16)18-9)11(17)15-6-4-2-3-5-7-15/h8H,2-7H2,1H3. The number of carbonyl (C=O) groups is 1. The third-order valence-corrected chi connectivity index (χ3v) is 4.09. The lowest BCUT2D eigenvalue weighted by Crippen LogP contribution is -2.32. The van der Waals surface area contributed by atoms with Crippen LogP contribution in [0.3, 0.4) is 0 Å². The molecule has 3 heterocycles. The summed E-state index contributed by atoms with van der Waals surface area (Å²) < 4.78 is 1.70. The Labute approximate surface area is 109 Å². The number of imidazole rings is 1. The predicted octanol–water partition coefficient (Wildman–Crippen LogP) is 2.12. The van der Waals surface area contributed by atoms with E-state index in [1.165, 1.54) is 24.2 Å². The van der Waals surface area contributed by atoms with Crippen molar-refractivity contribution in [3.63, 3.8) is 0 Å². The highest BCUT2D eigenvalue weighted by atomic mass is 32.1. The van der Waals surface area contributed by atoms with E-state index < -0.39 is 0 Å². The van der Waals surface area contributed by atoms with Gasteiger partial charge in [0.2, 0.25) is 4.96 Å². The first kappa shape index (κ1) is 11.6. The van der Waals surface area contributed by atoms with Crippen LogP contribution in [-0.4, -0.2) is 38.5 Å². The number of aromatic nitrogens is 3. The zero-order chi connectivity index (χ0) is 12.5. The van der Waals surface area contributed by atoms with Gasteiger partial charge in [0.05, 0.1) is 6.20 Å². The quantitative estimate of drug-likeness (QED) is 0.792. The van der Waals surface area contributed by atoms with Crippen molar-refractivity contribution < 1.29 is 4.79 Å².